The van der Waals surface area contributed by atoms with Gasteiger partial charge in [0.1, 0.15) is 17.6 Å². The number of aliphatic hydroxyl groups excluding tert-OH is 1. The first-order chi connectivity index (χ1) is 18.7. The number of hydrogen-bond acceptors (Lipinski definition) is 6. The summed E-state index contributed by atoms with van der Waals surface area (Å²) in [7, 11) is 0. The van der Waals surface area contributed by atoms with E-state index in [-0.39, 0.29) is 31.6 Å². The molecule has 1 aromatic carbocycles. The van der Waals surface area contributed by atoms with E-state index in [2.05, 4.69) is 13.2 Å². The van der Waals surface area contributed by atoms with Gasteiger partial charge < -0.3 is 24.4 Å². The quantitative estimate of drug-likeness (QED) is 0.221. The summed E-state index contributed by atoms with van der Waals surface area (Å²) in [4.78, 5) is 45.3. The van der Waals surface area contributed by atoms with Gasteiger partial charge in [0, 0.05) is 19.7 Å². The smallest absolute Gasteiger partial charge is 0.312 e. The third kappa shape index (κ3) is 5.03. The van der Waals surface area contributed by atoms with Crippen LogP contribution in [0, 0.1) is 18.8 Å². The molecule has 0 aromatic heterocycles. The molecule has 0 saturated carbocycles. The van der Waals surface area contributed by atoms with Gasteiger partial charge in [-0.15, -0.1) is 13.2 Å². The number of para-hydroxylation sites is 1. The van der Waals surface area contributed by atoms with E-state index in [1.807, 2.05) is 26.0 Å². The van der Waals surface area contributed by atoms with Crippen LogP contribution < -0.4 is 4.90 Å². The van der Waals surface area contributed by atoms with Gasteiger partial charge >= 0.3 is 5.97 Å². The molecule has 212 valence electrons. The first kappa shape index (κ1) is 29.3. The molecule has 1 spiro atoms. The Balaban J connectivity index is 1.76. The lowest BCUT2D eigenvalue weighted by atomic mass is 9.66. The fraction of sp³-hybridized carbons (Fsp3) is 0.567. The second kappa shape index (κ2) is 11.8. The van der Waals surface area contributed by atoms with Crippen molar-refractivity contribution in [2.24, 2.45) is 11.8 Å². The number of aliphatic hydroxyl groups is 1. The van der Waals surface area contributed by atoms with Crippen LogP contribution in [0.5, 0.6) is 0 Å². The van der Waals surface area contributed by atoms with Gasteiger partial charge in [-0.2, -0.15) is 0 Å². The highest BCUT2D eigenvalue weighted by Gasteiger charge is 2.78. The van der Waals surface area contributed by atoms with Crippen LogP contribution in [0.4, 0.5) is 5.69 Å². The van der Waals surface area contributed by atoms with Crippen LogP contribution in [0.3, 0.4) is 0 Å². The van der Waals surface area contributed by atoms with Gasteiger partial charge in [-0.25, -0.2) is 0 Å². The van der Waals surface area contributed by atoms with Crippen LogP contribution in [0.25, 0.3) is 0 Å². The van der Waals surface area contributed by atoms with Crippen molar-refractivity contribution in [3.05, 3.63) is 54.1 Å². The predicted octanol–water partition coefficient (Wildman–Crippen LogP) is 4.21. The maximum Gasteiger partial charge on any atom is 0.312 e. The van der Waals surface area contributed by atoms with E-state index in [0.29, 0.717) is 55.8 Å². The number of aryl methyl sites for hydroxylation is 1. The Kier molecular flexibility index (Phi) is 8.88. The zero-order valence-corrected chi connectivity index (χ0v) is 23.6. The van der Waals surface area contributed by atoms with E-state index in [4.69, 9.17) is 21.1 Å². The van der Waals surface area contributed by atoms with Crippen LogP contribution in [0.2, 0.25) is 5.02 Å². The summed E-state index contributed by atoms with van der Waals surface area (Å²) >= 11 is 6.60. The maximum atomic E-state index is 14.6. The number of esters is 1. The molecule has 39 heavy (non-hydrogen) atoms. The molecule has 3 heterocycles. The molecule has 1 N–H and O–H groups in total. The molecular weight excluding hydrogens is 520 g/mol. The van der Waals surface area contributed by atoms with E-state index in [0.717, 1.165) is 5.56 Å². The normalized spacial score (nSPS) is 28.9. The fourth-order valence-electron chi connectivity index (χ4n) is 6.74. The first-order valence-electron chi connectivity index (χ1n) is 13.7. The molecular formula is C30H39ClN2O6. The summed E-state index contributed by atoms with van der Waals surface area (Å²) in [6.45, 7) is 12.0. The SMILES string of the molecule is C=CCCOC(=O)[C@@H]1[C@H]2C(=O)N(CCCCCO)C(C(=O)N(CC=C)c3c(C)cccc3Cl)C23CC[C@@]1(C)O3. The molecule has 2 unspecified atom stereocenters. The Morgan fingerprint density at radius 2 is 2.03 bits per heavy atom. The molecule has 8 nitrogen and oxygen atoms in total. The van der Waals surface area contributed by atoms with Crippen molar-refractivity contribution < 1.29 is 29.0 Å². The zero-order valence-electron chi connectivity index (χ0n) is 22.9. The molecule has 1 aromatic rings. The number of nitrogens with zero attached hydrogens (tertiary/aromatic N) is 2. The van der Waals surface area contributed by atoms with Crippen LogP contribution in [0.15, 0.2) is 43.5 Å². The lowest BCUT2D eigenvalue weighted by molar-refractivity contribution is -0.159. The number of rotatable bonds is 13. The first-order valence-corrected chi connectivity index (χ1v) is 14.1. The van der Waals surface area contributed by atoms with Gasteiger partial charge in [-0.3, -0.25) is 14.4 Å². The number of amides is 2. The van der Waals surface area contributed by atoms with Crippen molar-refractivity contribution in [2.75, 3.05) is 31.2 Å². The third-order valence-corrected chi connectivity index (χ3v) is 8.73. The topological polar surface area (TPSA) is 96.4 Å². The maximum absolute atomic E-state index is 14.6. The number of anilines is 1. The zero-order chi connectivity index (χ0) is 28.4. The molecule has 5 atom stereocenters. The Morgan fingerprint density at radius 3 is 2.69 bits per heavy atom. The van der Waals surface area contributed by atoms with Crippen molar-refractivity contribution in [3.8, 4) is 0 Å². The summed E-state index contributed by atoms with van der Waals surface area (Å²) in [5.74, 6) is -2.68. The van der Waals surface area contributed by atoms with Crippen molar-refractivity contribution in [3.63, 3.8) is 0 Å². The minimum absolute atomic E-state index is 0.0574. The number of hydrogen-bond donors (Lipinski definition) is 1. The van der Waals surface area contributed by atoms with E-state index in [1.54, 1.807) is 28.0 Å². The van der Waals surface area contributed by atoms with Crippen LogP contribution in [-0.4, -0.2) is 71.3 Å². The van der Waals surface area contributed by atoms with Crippen molar-refractivity contribution in [1.82, 2.24) is 4.90 Å². The summed E-state index contributed by atoms with van der Waals surface area (Å²) in [6, 6.07) is 4.50. The molecule has 9 heteroatoms. The molecule has 0 radical (unpaired) electrons. The molecule has 3 aliphatic rings. The van der Waals surface area contributed by atoms with Gasteiger partial charge in [-0.05, 0) is 64.0 Å². The highest BCUT2D eigenvalue weighted by molar-refractivity contribution is 6.34. The summed E-state index contributed by atoms with van der Waals surface area (Å²) in [5, 5.41) is 9.67. The van der Waals surface area contributed by atoms with Gasteiger partial charge in [0.05, 0.1) is 28.8 Å². The standard InChI is InChI=1S/C30H39ClN2O6/c1-5-7-19-38-28(37)23-22-26(35)33(17-9-8-10-18-34)25(30(22)15-14-29(23,4)39-30)27(36)32(16-6-2)24-20(3)12-11-13-21(24)31/h5-6,11-13,22-23,25,34H,1-2,7-10,14-19H2,3-4H3/t22-,23-,25?,29+,30?/m0/s1. The van der Waals surface area contributed by atoms with E-state index in [1.165, 1.54) is 0 Å². The lowest BCUT2D eigenvalue weighted by Crippen LogP contribution is -2.56. The molecule has 4 rings (SSSR count). The second-order valence-corrected chi connectivity index (χ2v) is 11.3. The molecule has 2 bridgehead atoms. The van der Waals surface area contributed by atoms with Gasteiger partial charge in [0.2, 0.25) is 5.91 Å². The van der Waals surface area contributed by atoms with Gasteiger partial charge in [-0.1, -0.05) is 35.9 Å². The number of unbranched alkanes of at least 4 members (excludes halogenated alkanes) is 2. The second-order valence-electron chi connectivity index (χ2n) is 10.9. The average molecular weight is 559 g/mol. The molecule has 2 amide bonds. The van der Waals surface area contributed by atoms with Crippen LogP contribution in [-0.2, 0) is 23.9 Å². The average Bonchev–Trinajstić information content (AvgIpc) is 3.46. The van der Waals surface area contributed by atoms with Gasteiger partial charge in [0.25, 0.3) is 5.91 Å². The van der Waals surface area contributed by atoms with Crippen molar-refractivity contribution in [2.45, 2.75) is 69.6 Å². The summed E-state index contributed by atoms with van der Waals surface area (Å²) in [5.41, 5.74) is -0.679. The fourth-order valence-corrected chi connectivity index (χ4v) is 7.06. The van der Waals surface area contributed by atoms with Gasteiger partial charge in [0.15, 0.2) is 0 Å². The Bertz CT molecular complexity index is 1120. The molecule has 3 saturated heterocycles. The number of ether oxygens (including phenoxy) is 2. The molecule has 0 aliphatic carbocycles. The lowest BCUT2D eigenvalue weighted by Gasteiger charge is -2.37. The Hall–Kier alpha value is -2.68. The van der Waals surface area contributed by atoms with E-state index in [9.17, 15) is 19.5 Å². The van der Waals surface area contributed by atoms with E-state index < -0.39 is 35.0 Å². The number of likely N-dealkylation sites (tertiary alicyclic amines) is 1. The third-order valence-electron chi connectivity index (χ3n) is 8.42. The number of benzene rings is 1. The number of carbonyl (C=O) groups excluding carboxylic acids is 3. The highest BCUT2D eigenvalue weighted by atomic mass is 35.5. The highest BCUT2D eigenvalue weighted by Crippen LogP contribution is 2.63. The monoisotopic (exact) mass is 558 g/mol. The van der Waals surface area contributed by atoms with Crippen LogP contribution >= 0.6 is 11.6 Å². The minimum atomic E-state index is -1.16. The molecule has 3 aliphatic heterocycles. The largest absolute Gasteiger partial charge is 0.465 e. The van der Waals surface area contributed by atoms with Crippen molar-refractivity contribution >= 4 is 35.1 Å². The van der Waals surface area contributed by atoms with Crippen molar-refractivity contribution in [1.29, 1.82) is 0 Å². The summed E-state index contributed by atoms with van der Waals surface area (Å²) < 4.78 is 12.2. The number of halogens is 1. The number of carbonyl (C=O) groups is 3. The van der Waals surface area contributed by atoms with E-state index >= 15 is 0 Å². The predicted molar refractivity (Wildman–Crippen MR) is 149 cm³/mol. The minimum Gasteiger partial charge on any atom is -0.465 e. The van der Waals surface area contributed by atoms with Crippen LogP contribution in [0.1, 0.15) is 51.0 Å². The summed E-state index contributed by atoms with van der Waals surface area (Å²) in [6.07, 6.45) is 6.72. The number of fused-ring (bicyclic) bond motifs is 1. The Labute approximate surface area is 235 Å². The molecule has 3 fully saturated rings. The Morgan fingerprint density at radius 1 is 1.26 bits per heavy atom.